The van der Waals surface area contributed by atoms with Crippen LogP contribution in [0.25, 0.3) is 10.8 Å². The molecule has 0 saturated carbocycles. The van der Waals surface area contributed by atoms with Gasteiger partial charge >= 0.3 is 5.97 Å². The number of aromatic nitrogens is 2. The Morgan fingerprint density at radius 2 is 1.95 bits per heavy atom. The van der Waals surface area contributed by atoms with E-state index < -0.39 is 30.1 Å². The standard InChI is InChI=1S/C12H11N3O5/c16-8(12(19)20)5-13-11(18)9-6-3-1-2-4-7(6)10(17)15-14-9/h1-4,8,16H,5H2,(H,13,18)(H,15,17)(H,19,20)/t8-/m0/s1. The molecule has 0 radical (unpaired) electrons. The Bertz CT molecular complexity index is 724. The molecule has 4 N–H and O–H groups in total. The number of carboxylic acid groups (broad SMARTS) is 1. The number of carbonyl (C=O) groups is 2. The van der Waals surface area contributed by atoms with Crippen molar-refractivity contribution in [2.75, 3.05) is 6.54 Å². The van der Waals surface area contributed by atoms with E-state index in [-0.39, 0.29) is 5.69 Å². The van der Waals surface area contributed by atoms with Crippen LogP contribution in [0.1, 0.15) is 10.5 Å². The molecule has 0 bridgehead atoms. The van der Waals surface area contributed by atoms with Gasteiger partial charge in [-0.15, -0.1) is 0 Å². The molecule has 0 saturated heterocycles. The number of benzene rings is 1. The molecular weight excluding hydrogens is 266 g/mol. The van der Waals surface area contributed by atoms with Gasteiger partial charge in [0.05, 0.1) is 11.9 Å². The Labute approximate surface area is 112 Å². The Balaban J connectivity index is 2.29. The molecule has 104 valence electrons. The summed E-state index contributed by atoms with van der Waals surface area (Å²) in [6, 6.07) is 6.39. The summed E-state index contributed by atoms with van der Waals surface area (Å²) in [7, 11) is 0. The Morgan fingerprint density at radius 3 is 2.60 bits per heavy atom. The maximum absolute atomic E-state index is 11.9. The monoisotopic (exact) mass is 277 g/mol. The molecule has 1 aromatic heterocycles. The number of hydrogen-bond acceptors (Lipinski definition) is 5. The molecule has 20 heavy (non-hydrogen) atoms. The molecule has 8 heteroatoms. The first-order valence-corrected chi connectivity index (χ1v) is 5.67. The summed E-state index contributed by atoms with van der Waals surface area (Å²) in [6.45, 7) is -0.455. The Kier molecular flexibility index (Phi) is 3.76. The first-order chi connectivity index (χ1) is 9.50. The predicted molar refractivity (Wildman–Crippen MR) is 68.3 cm³/mol. The highest BCUT2D eigenvalue weighted by molar-refractivity contribution is 6.04. The third kappa shape index (κ3) is 2.64. The van der Waals surface area contributed by atoms with Gasteiger partial charge in [-0.25, -0.2) is 9.89 Å². The third-order valence-electron chi connectivity index (χ3n) is 2.65. The zero-order valence-electron chi connectivity index (χ0n) is 10.2. The number of hydrogen-bond donors (Lipinski definition) is 4. The second kappa shape index (κ2) is 5.49. The number of amides is 1. The summed E-state index contributed by atoms with van der Waals surface area (Å²) in [5, 5.41) is 26.3. The summed E-state index contributed by atoms with van der Waals surface area (Å²) >= 11 is 0. The van der Waals surface area contributed by atoms with Gasteiger partial charge in [-0.2, -0.15) is 5.10 Å². The van der Waals surface area contributed by atoms with E-state index in [0.29, 0.717) is 10.8 Å². The zero-order chi connectivity index (χ0) is 14.7. The highest BCUT2D eigenvalue weighted by Crippen LogP contribution is 2.11. The average molecular weight is 277 g/mol. The molecule has 0 spiro atoms. The van der Waals surface area contributed by atoms with E-state index in [1.807, 2.05) is 0 Å². The van der Waals surface area contributed by atoms with E-state index >= 15 is 0 Å². The number of aromatic amines is 1. The van der Waals surface area contributed by atoms with Crippen LogP contribution in [-0.2, 0) is 4.79 Å². The quantitative estimate of drug-likeness (QED) is 0.572. The van der Waals surface area contributed by atoms with Gasteiger partial charge in [-0.1, -0.05) is 18.2 Å². The molecule has 2 rings (SSSR count). The molecule has 1 aromatic carbocycles. The van der Waals surface area contributed by atoms with Gasteiger partial charge in [-0.05, 0) is 6.07 Å². The minimum Gasteiger partial charge on any atom is -0.479 e. The van der Waals surface area contributed by atoms with E-state index in [2.05, 4.69) is 15.5 Å². The van der Waals surface area contributed by atoms with Gasteiger partial charge in [0.15, 0.2) is 11.8 Å². The van der Waals surface area contributed by atoms with Crippen molar-refractivity contribution in [3.8, 4) is 0 Å². The summed E-state index contributed by atoms with van der Waals surface area (Å²) in [6.07, 6.45) is -1.70. The van der Waals surface area contributed by atoms with Crippen LogP contribution in [-0.4, -0.2) is 44.9 Å². The molecule has 8 nitrogen and oxygen atoms in total. The Morgan fingerprint density at radius 1 is 1.30 bits per heavy atom. The summed E-state index contributed by atoms with van der Waals surface area (Å²) in [4.78, 5) is 33.9. The summed E-state index contributed by atoms with van der Waals surface area (Å²) in [5.74, 6) is -2.12. The number of aliphatic hydroxyl groups excluding tert-OH is 1. The van der Waals surface area contributed by atoms with Crippen LogP contribution in [0.2, 0.25) is 0 Å². The van der Waals surface area contributed by atoms with Crippen molar-refractivity contribution >= 4 is 22.6 Å². The molecule has 1 amide bonds. The van der Waals surface area contributed by atoms with Gasteiger partial charge in [0.2, 0.25) is 0 Å². The number of carboxylic acids is 1. The number of nitrogens with one attached hydrogen (secondary N) is 2. The van der Waals surface area contributed by atoms with Crippen LogP contribution in [0.15, 0.2) is 29.1 Å². The van der Waals surface area contributed by atoms with Crippen molar-refractivity contribution in [3.05, 3.63) is 40.3 Å². The number of H-pyrrole nitrogens is 1. The van der Waals surface area contributed by atoms with Crippen LogP contribution in [0.4, 0.5) is 0 Å². The maximum atomic E-state index is 11.9. The lowest BCUT2D eigenvalue weighted by molar-refractivity contribution is -0.146. The smallest absolute Gasteiger partial charge is 0.334 e. The highest BCUT2D eigenvalue weighted by Gasteiger charge is 2.17. The molecular formula is C12H11N3O5. The van der Waals surface area contributed by atoms with Crippen molar-refractivity contribution in [1.29, 1.82) is 0 Å². The largest absolute Gasteiger partial charge is 0.479 e. The predicted octanol–water partition coefficient (Wildman–Crippen LogP) is -0.902. The molecule has 0 unspecified atom stereocenters. The summed E-state index contributed by atoms with van der Waals surface area (Å²) < 4.78 is 0. The van der Waals surface area contributed by atoms with Gasteiger partial charge < -0.3 is 15.5 Å². The number of aliphatic hydroxyl groups is 1. The van der Waals surface area contributed by atoms with E-state index in [9.17, 15) is 14.4 Å². The average Bonchev–Trinajstić information content (AvgIpc) is 2.45. The number of carbonyl (C=O) groups excluding carboxylic acids is 1. The van der Waals surface area contributed by atoms with Gasteiger partial charge in [-0.3, -0.25) is 9.59 Å². The molecule has 1 atom stereocenters. The minimum absolute atomic E-state index is 0.0437. The fourth-order valence-corrected chi connectivity index (χ4v) is 1.65. The molecule has 0 aliphatic carbocycles. The minimum atomic E-state index is -1.70. The topological polar surface area (TPSA) is 132 Å². The lowest BCUT2D eigenvalue weighted by Gasteiger charge is -2.08. The lowest BCUT2D eigenvalue weighted by atomic mass is 10.1. The van der Waals surface area contributed by atoms with Crippen molar-refractivity contribution in [2.24, 2.45) is 0 Å². The van der Waals surface area contributed by atoms with Crippen molar-refractivity contribution < 1.29 is 19.8 Å². The first-order valence-electron chi connectivity index (χ1n) is 5.67. The van der Waals surface area contributed by atoms with Gasteiger partial charge in [0.25, 0.3) is 11.5 Å². The van der Waals surface area contributed by atoms with Crippen molar-refractivity contribution in [3.63, 3.8) is 0 Å². The Hall–Kier alpha value is -2.74. The summed E-state index contributed by atoms with van der Waals surface area (Å²) in [5.41, 5.74) is -0.472. The van der Waals surface area contributed by atoms with E-state index in [1.54, 1.807) is 24.3 Å². The fraction of sp³-hybridized carbons (Fsp3) is 0.167. The van der Waals surface area contributed by atoms with E-state index in [0.717, 1.165) is 0 Å². The first kappa shape index (κ1) is 13.7. The second-order valence-corrected chi connectivity index (χ2v) is 4.01. The van der Waals surface area contributed by atoms with Gasteiger partial charge in [0, 0.05) is 5.39 Å². The van der Waals surface area contributed by atoms with Crippen molar-refractivity contribution in [2.45, 2.75) is 6.10 Å². The van der Waals surface area contributed by atoms with Crippen molar-refractivity contribution in [1.82, 2.24) is 15.5 Å². The molecule has 1 heterocycles. The second-order valence-electron chi connectivity index (χ2n) is 4.01. The van der Waals surface area contributed by atoms with Crippen LogP contribution in [0, 0.1) is 0 Å². The van der Waals surface area contributed by atoms with Crippen LogP contribution < -0.4 is 10.9 Å². The molecule has 2 aromatic rings. The lowest BCUT2D eigenvalue weighted by Crippen LogP contribution is -2.37. The van der Waals surface area contributed by atoms with E-state index in [1.165, 1.54) is 0 Å². The fourth-order valence-electron chi connectivity index (χ4n) is 1.65. The number of aliphatic carboxylic acids is 1. The van der Waals surface area contributed by atoms with Crippen LogP contribution in [0.5, 0.6) is 0 Å². The molecule has 0 fully saturated rings. The maximum Gasteiger partial charge on any atom is 0.334 e. The van der Waals surface area contributed by atoms with E-state index in [4.69, 9.17) is 10.2 Å². The third-order valence-corrected chi connectivity index (χ3v) is 2.65. The number of nitrogens with zero attached hydrogens (tertiary/aromatic N) is 1. The molecule has 0 aliphatic heterocycles. The van der Waals surface area contributed by atoms with Crippen LogP contribution in [0.3, 0.4) is 0 Å². The normalized spacial score (nSPS) is 12.1. The molecule has 0 aliphatic rings. The number of fused-ring (bicyclic) bond motifs is 1. The zero-order valence-corrected chi connectivity index (χ0v) is 10.2. The SMILES string of the molecule is O=C(NC[C@H](O)C(=O)O)c1n[nH]c(=O)c2ccccc12. The van der Waals surface area contributed by atoms with Gasteiger partial charge in [0.1, 0.15) is 0 Å². The highest BCUT2D eigenvalue weighted by atomic mass is 16.4. The van der Waals surface area contributed by atoms with Crippen LogP contribution >= 0.6 is 0 Å². The number of rotatable bonds is 4.